The molecule has 0 saturated carbocycles. The van der Waals surface area contributed by atoms with E-state index in [1.165, 1.54) is 25.3 Å². The number of fused-ring (bicyclic) bond motifs is 1. The number of carbonyl (C=O) groups excluding carboxylic acids is 1. The molecule has 3 N–H and O–H groups in total. The van der Waals surface area contributed by atoms with Gasteiger partial charge >= 0.3 is 0 Å². The Kier molecular flexibility index (Phi) is 6.83. The molecule has 0 bridgehead atoms. The normalized spacial score (nSPS) is 11.4. The van der Waals surface area contributed by atoms with Crippen LogP contribution in [-0.2, 0) is 21.2 Å². The van der Waals surface area contributed by atoms with Crippen LogP contribution in [0, 0.1) is 5.82 Å². The summed E-state index contributed by atoms with van der Waals surface area (Å²) in [5.41, 5.74) is 2.80. The number of nitrogens with one attached hydrogen (secondary N) is 3. The first kappa shape index (κ1) is 23.3. The topological polar surface area (TPSA) is 100 Å². The van der Waals surface area contributed by atoms with Crippen LogP contribution in [0.4, 0.5) is 15.8 Å². The van der Waals surface area contributed by atoms with Crippen molar-refractivity contribution in [3.63, 3.8) is 0 Å². The third-order valence-corrected chi connectivity index (χ3v) is 6.76. The summed E-state index contributed by atoms with van der Waals surface area (Å²) in [6, 6.07) is 17.2. The van der Waals surface area contributed by atoms with E-state index in [1.807, 2.05) is 30.5 Å². The second-order valence-corrected chi connectivity index (χ2v) is 9.42. The summed E-state index contributed by atoms with van der Waals surface area (Å²) in [7, 11) is -2.57. The molecule has 0 aliphatic heterocycles. The van der Waals surface area contributed by atoms with Crippen LogP contribution in [0.2, 0.25) is 0 Å². The van der Waals surface area contributed by atoms with Crippen molar-refractivity contribution in [1.82, 2.24) is 4.98 Å². The zero-order chi connectivity index (χ0) is 24.1. The highest BCUT2D eigenvalue weighted by atomic mass is 32.2. The number of benzene rings is 3. The number of methoxy groups -OCH3 is 1. The van der Waals surface area contributed by atoms with Gasteiger partial charge in [-0.2, -0.15) is 0 Å². The molecule has 4 rings (SSSR count). The number of sulfonamides is 1. The largest absolute Gasteiger partial charge is 0.495 e. The zero-order valence-corrected chi connectivity index (χ0v) is 19.3. The molecule has 0 atom stereocenters. The number of hydrogen-bond acceptors (Lipinski definition) is 4. The number of hydrogen-bond donors (Lipinski definition) is 3. The molecule has 0 aliphatic carbocycles. The fourth-order valence-electron chi connectivity index (χ4n) is 3.68. The highest BCUT2D eigenvalue weighted by Gasteiger charge is 2.17. The molecule has 1 heterocycles. The predicted molar refractivity (Wildman–Crippen MR) is 130 cm³/mol. The summed E-state index contributed by atoms with van der Waals surface area (Å²) in [6.07, 6.45) is 3.68. The van der Waals surface area contributed by atoms with Crippen molar-refractivity contribution in [3.8, 4) is 5.75 Å². The molecular formula is C25H24FN3O4S. The van der Waals surface area contributed by atoms with Crippen LogP contribution in [0.15, 0.2) is 77.8 Å². The van der Waals surface area contributed by atoms with Gasteiger partial charge in [-0.05, 0) is 66.9 Å². The van der Waals surface area contributed by atoms with Gasteiger partial charge in [0, 0.05) is 29.2 Å². The van der Waals surface area contributed by atoms with Crippen molar-refractivity contribution < 1.29 is 22.3 Å². The van der Waals surface area contributed by atoms with E-state index in [4.69, 9.17) is 4.74 Å². The summed E-state index contributed by atoms with van der Waals surface area (Å²) in [6.45, 7) is 0. The Morgan fingerprint density at radius 1 is 1.06 bits per heavy atom. The first-order valence-corrected chi connectivity index (χ1v) is 12.2. The number of anilines is 2. The summed E-state index contributed by atoms with van der Waals surface area (Å²) in [5.74, 6) is -0.439. The van der Waals surface area contributed by atoms with Crippen molar-refractivity contribution in [2.24, 2.45) is 0 Å². The molecule has 0 aliphatic rings. The molecule has 7 nitrogen and oxygen atoms in total. The van der Waals surface area contributed by atoms with Gasteiger partial charge < -0.3 is 15.0 Å². The highest BCUT2D eigenvalue weighted by molar-refractivity contribution is 7.92. The van der Waals surface area contributed by atoms with E-state index in [9.17, 15) is 17.6 Å². The van der Waals surface area contributed by atoms with Gasteiger partial charge in [-0.3, -0.25) is 9.52 Å². The monoisotopic (exact) mass is 481 g/mol. The molecule has 9 heteroatoms. The van der Waals surface area contributed by atoms with Crippen LogP contribution < -0.4 is 14.8 Å². The Morgan fingerprint density at radius 2 is 1.82 bits per heavy atom. The molecule has 0 unspecified atom stereocenters. The Bertz CT molecular complexity index is 1420. The quantitative estimate of drug-likeness (QED) is 0.310. The SMILES string of the molecule is COc1ccc(NC(=O)CCCc2c[nH]c3ccccc23)cc1NS(=O)(=O)c1ccc(F)cc1. The van der Waals surface area contributed by atoms with Gasteiger partial charge in [-0.25, -0.2) is 12.8 Å². The maximum Gasteiger partial charge on any atom is 0.262 e. The standard InChI is InChI=1S/C25H24FN3O4S/c1-33-24-14-11-19(15-23(24)29-34(31,32)20-12-9-18(26)10-13-20)28-25(30)8-4-5-17-16-27-22-7-3-2-6-21(17)22/h2-3,6-7,9-16,27,29H,4-5,8H2,1H3,(H,28,30). The molecule has 0 saturated heterocycles. The number of aromatic amines is 1. The van der Waals surface area contributed by atoms with Crippen LogP contribution in [0.25, 0.3) is 10.9 Å². The molecule has 4 aromatic rings. The van der Waals surface area contributed by atoms with Crippen molar-refractivity contribution in [2.75, 3.05) is 17.1 Å². The average molecular weight is 482 g/mol. The van der Waals surface area contributed by atoms with Crippen molar-refractivity contribution in [3.05, 3.63) is 84.3 Å². The lowest BCUT2D eigenvalue weighted by molar-refractivity contribution is -0.116. The minimum absolute atomic E-state index is 0.0947. The fraction of sp³-hybridized carbons (Fsp3) is 0.160. The van der Waals surface area contributed by atoms with E-state index in [0.29, 0.717) is 18.5 Å². The highest BCUT2D eigenvalue weighted by Crippen LogP contribution is 2.30. The molecule has 176 valence electrons. The third-order valence-electron chi connectivity index (χ3n) is 5.38. The maximum atomic E-state index is 13.2. The molecule has 0 radical (unpaired) electrons. The van der Waals surface area contributed by atoms with Crippen molar-refractivity contribution >= 4 is 38.2 Å². The number of halogens is 1. The van der Waals surface area contributed by atoms with E-state index in [1.54, 1.807) is 12.1 Å². The number of amides is 1. The number of para-hydroxylation sites is 1. The summed E-state index contributed by atoms with van der Waals surface area (Å²) in [5, 5.41) is 3.95. The Labute approximate surface area is 197 Å². The first-order valence-electron chi connectivity index (χ1n) is 10.7. The third kappa shape index (κ3) is 5.37. The zero-order valence-electron chi connectivity index (χ0n) is 18.5. The van der Waals surface area contributed by atoms with E-state index in [0.717, 1.165) is 35.0 Å². The Balaban J connectivity index is 1.40. The number of rotatable bonds is 9. The van der Waals surface area contributed by atoms with Crippen LogP contribution in [0.3, 0.4) is 0 Å². The number of H-pyrrole nitrogens is 1. The van der Waals surface area contributed by atoms with Gasteiger partial charge in [-0.15, -0.1) is 0 Å². The minimum atomic E-state index is -3.98. The lowest BCUT2D eigenvalue weighted by atomic mass is 10.1. The van der Waals surface area contributed by atoms with Crippen LogP contribution in [-0.4, -0.2) is 26.4 Å². The fourth-order valence-corrected chi connectivity index (χ4v) is 4.75. The first-order chi connectivity index (χ1) is 16.4. The minimum Gasteiger partial charge on any atom is -0.495 e. The van der Waals surface area contributed by atoms with Crippen LogP contribution >= 0.6 is 0 Å². The molecule has 34 heavy (non-hydrogen) atoms. The Hall–Kier alpha value is -3.85. The van der Waals surface area contributed by atoms with Gasteiger partial charge in [0.25, 0.3) is 10.0 Å². The smallest absolute Gasteiger partial charge is 0.262 e. The van der Waals surface area contributed by atoms with E-state index in [-0.39, 0.29) is 22.2 Å². The van der Waals surface area contributed by atoms with Crippen molar-refractivity contribution in [2.45, 2.75) is 24.2 Å². The van der Waals surface area contributed by atoms with Gasteiger partial charge in [-0.1, -0.05) is 18.2 Å². The van der Waals surface area contributed by atoms with Gasteiger partial charge in [0.2, 0.25) is 5.91 Å². The van der Waals surface area contributed by atoms with Crippen molar-refractivity contribution in [1.29, 1.82) is 0 Å². The average Bonchev–Trinajstić information content (AvgIpc) is 3.22. The van der Waals surface area contributed by atoms with E-state index >= 15 is 0 Å². The lowest BCUT2D eigenvalue weighted by Crippen LogP contribution is -2.15. The number of ether oxygens (including phenoxy) is 1. The van der Waals surface area contributed by atoms with Crippen LogP contribution in [0.5, 0.6) is 5.75 Å². The molecule has 0 fully saturated rings. The van der Waals surface area contributed by atoms with E-state index < -0.39 is 15.8 Å². The molecule has 3 aromatic carbocycles. The molecular weight excluding hydrogens is 457 g/mol. The molecule has 1 amide bonds. The number of carbonyl (C=O) groups is 1. The predicted octanol–water partition coefficient (Wildman–Crippen LogP) is 5.08. The van der Waals surface area contributed by atoms with Crippen LogP contribution in [0.1, 0.15) is 18.4 Å². The summed E-state index contributed by atoms with van der Waals surface area (Å²) < 4.78 is 46.2. The lowest BCUT2D eigenvalue weighted by Gasteiger charge is -2.14. The van der Waals surface area contributed by atoms with E-state index in [2.05, 4.69) is 15.0 Å². The maximum absolute atomic E-state index is 13.2. The second kappa shape index (κ2) is 9.96. The summed E-state index contributed by atoms with van der Waals surface area (Å²) in [4.78, 5) is 15.6. The summed E-state index contributed by atoms with van der Waals surface area (Å²) >= 11 is 0. The molecule has 1 aromatic heterocycles. The van der Waals surface area contributed by atoms with Gasteiger partial charge in [0.05, 0.1) is 17.7 Å². The van der Waals surface area contributed by atoms with Gasteiger partial charge in [0.15, 0.2) is 0 Å². The Morgan fingerprint density at radius 3 is 2.59 bits per heavy atom. The number of aromatic nitrogens is 1. The second-order valence-electron chi connectivity index (χ2n) is 7.74. The number of aryl methyl sites for hydroxylation is 1. The van der Waals surface area contributed by atoms with Gasteiger partial charge in [0.1, 0.15) is 11.6 Å². The molecule has 0 spiro atoms.